The Bertz CT molecular complexity index is 1580. The fraction of sp³-hybridized carbons (Fsp3) is 0.333. The van der Waals surface area contributed by atoms with E-state index in [0.29, 0.717) is 16.2 Å². The van der Waals surface area contributed by atoms with E-state index in [4.69, 9.17) is 22.1 Å². The van der Waals surface area contributed by atoms with Gasteiger partial charge in [0.1, 0.15) is 12.6 Å². The topological polar surface area (TPSA) is 119 Å². The molecular formula is C33H38ClN3O5S. The first-order valence-electron chi connectivity index (χ1n) is 14.0. The standard InChI is InChI=1S/C33H38ClN3O5S/c1-22-10-8-9-13-28(22)43(40,41)37-29(33(2,3)4)19-25(31(37)24-14-16-26(34)17-15-24)20-42-21-30(38)36-27(32(35)39)18-23-11-6-5-7-12-23/h5-17,19,27,29,31H,18,20-21H2,1-4H3,(H2,35,39)(H,36,38)/t27-,29-,31?/m0/s1. The van der Waals surface area contributed by atoms with Crippen LogP contribution in [-0.4, -0.2) is 49.8 Å². The summed E-state index contributed by atoms with van der Waals surface area (Å²) < 4.78 is 36.1. The quantitative estimate of drug-likeness (QED) is 0.293. The van der Waals surface area contributed by atoms with Crippen LogP contribution >= 0.6 is 11.6 Å². The summed E-state index contributed by atoms with van der Waals surface area (Å²) in [5.41, 5.74) is 8.01. The number of aryl methyl sites for hydroxylation is 1. The second kappa shape index (κ2) is 13.4. The maximum absolute atomic E-state index is 14.3. The Morgan fingerprint density at radius 1 is 1.00 bits per heavy atom. The molecule has 0 saturated heterocycles. The smallest absolute Gasteiger partial charge is 0.246 e. The molecular weight excluding hydrogens is 586 g/mol. The molecule has 8 nitrogen and oxygen atoms in total. The number of nitrogens with zero attached hydrogens (tertiary/aromatic N) is 1. The number of hydrogen-bond acceptors (Lipinski definition) is 5. The molecule has 1 unspecified atom stereocenters. The third-order valence-electron chi connectivity index (χ3n) is 7.44. The molecule has 1 aliphatic heterocycles. The first kappa shape index (κ1) is 32.4. The zero-order chi connectivity index (χ0) is 31.4. The summed E-state index contributed by atoms with van der Waals surface area (Å²) in [6.07, 6.45) is 2.18. The van der Waals surface area contributed by atoms with Crippen molar-refractivity contribution in [2.24, 2.45) is 11.1 Å². The monoisotopic (exact) mass is 623 g/mol. The van der Waals surface area contributed by atoms with Crippen LogP contribution in [0.4, 0.5) is 0 Å². The maximum atomic E-state index is 14.3. The lowest BCUT2D eigenvalue weighted by Crippen LogP contribution is -2.47. The van der Waals surface area contributed by atoms with Gasteiger partial charge in [0.2, 0.25) is 21.8 Å². The van der Waals surface area contributed by atoms with Crippen LogP contribution in [0, 0.1) is 12.3 Å². The molecule has 228 valence electrons. The number of carbonyl (C=O) groups excluding carboxylic acids is 2. The second-order valence-electron chi connectivity index (χ2n) is 11.8. The molecule has 1 aliphatic rings. The highest BCUT2D eigenvalue weighted by atomic mass is 35.5. The van der Waals surface area contributed by atoms with Crippen molar-refractivity contribution < 1.29 is 22.7 Å². The van der Waals surface area contributed by atoms with Gasteiger partial charge in [-0.15, -0.1) is 0 Å². The van der Waals surface area contributed by atoms with Crippen LogP contribution in [0.1, 0.15) is 43.5 Å². The van der Waals surface area contributed by atoms with Crippen molar-refractivity contribution >= 4 is 33.4 Å². The first-order chi connectivity index (χ1) is 20.3. The first-order valence-corrected chi connectivity index (χ1v) is 15.9. The highest BCUT2D eigenvalue weighted by Gasteiger charge is 2.48. The van der Waals surface area contributed by atoms with E-state index in [1.807, 2.05) is 63.2 Å². The Morgan fingerprint density at radius 2 is 1.63 bits per heavy atom. The average molecular weight is 624 g/mol. The Morgan fingerprint density at radius 3 is 2.23 bits per heavy atom. The van der Waals surface area contributed by atoms with E-state index in [1.165, 1.54) is 0 Å². The van der Waals surface area contributed by atoms with Gasteiger partial charge >= 0.3 is 0 Å². The Kier molecular flexibility index (Phi) is 10.1. The van der Waals surface area contributed by atoms with Crippen molar-refractivity contribution in [3.05, 3.63) is 112 Å². The van der Waals surface area contributed by atoms with Gasteiger partial charge in [-0.1, -0.05) is 99.1 Å². The van der Waals surface area contributed by atoms with E-state index in [0.717, 1.165) is 11.1 Å². The van der Waals surface area contributed by atoms with Crippen molar-refractivity contribution in [2.75, 3.05) is 13.2 Å². The summed E-state index contributed by atoms with van der Waals surface area (Å²) in [7, 11) is -3.98. The lowest BCUT2D eigenvalue weighted by molar-refractivity contribution is -0.130. The number of sulfonamides is 1. The number of nitrogens with one attached hydrogen (secondary N) is 1. The van der Waals surface area contributed by atoms with Gasteiger partial charge < -0.3 is 15.8 Å². The number of hydrogen-bond donors (Lipinski definition) is 2. The van der Waals surface area contributed by atoms with Gasteiger partial charge in [-0.2, -0.15) is 4.31 Å². The zero-order valence-corrected chi connectivity index (χ0v) is 26.4. The van der Waals surface area contributed by atoms with Crippen molar-refractivity contribution in [1.82, 2.24) is 9.62 Å². The number of amides is 2. The summed E-state index contributed by atoms with van der Waals surface area (Å²) in [6.45, 7) is 7.39. The predicted octanol–water partition coefficient (Wildman–Crippen LogP) is 4.96. The van der Waals surface area contributed by atoms with Gasteiger partial charge in [0.05, 0.1) is 17.5 Å². The van der Waals surface area contributed by atoms with Gasteiger partial charge in [0.25, 0.3) is 0 Å². The molecule has 0 radical (unpaired) electrons. The molecule has 0 saturated carbocycles. The van der Waals surface area contributed by atoms with Crippen LogP contribution < -0.4 is 11.1 Å². The number of nitrogens with two attached hydrogens (primary N) is 1. The molecule has 2 amide bonds. The number of rotatable bonds is 11. The van der Waals surface area contributed by atoms with E-state index < -0.39 is 45.4 Å². The summed E-state index contributed by atoms with van der Waals surface area (Å²) in [6, 6.07) is 21.1. The second-order valence-corrected chi connectivity index (χ2v) is 14.1. The maximum Gasteiger partial charge on any atom is 0.246 e. The van der Waals surface area contributed by atoms with E-state index in [-0.39, 0.29) is 24.5 Å². The molecule has 43 heavy (non-hydrogen) atoms. The molecule has 0 aromatic heterocycles. The minimum Gasteiger partial charge on any atom is -0.368 e. The van der Waals surface area contributed by atoms with Gasteiger partial charge in [0.15, 0.2) is 0 Å². The molecule has 0 aliphatic carbocycles. The number of ether oxygens (including phenoxy) is 1. The van der Waals surface area contributed by atoms with E-state index in [9.17, 15) is 18.0 Å². The average Bonchev–Trinajstić information content (AvgIpc) is 3.35. The Labute approximate surface area is 258 Å². The third-order valence-corrected chi connectivity index (χ3v) is 9.70. The third kappa shape index (κ3) is 7.72. The van der Waals surface area contributed by atoms with E-state index in [2.05, 4.69) is 5.32 Å². The number of halogens is 1. The van der Waals surface area contributed by atoms with E-state index >= 15 is 0 Å². The summed E-state index contributed by atoms with van der Waals surface area (Å²) >= 11 is 6.18. The van der Waals surface area contributed by atoms with Gasteiger partial charge in [-0.05, 0) is 52.8 Å². The van der Waals surface area contributed by atoms with Crippen molar-refractivity contribution in [3.8, 4) is 0 Å². The molecule has 3 N–H and O–H groups in total. The Hall–Kier alpha value is -3.50. The fourth-order valence-electron chi connectivity index (χ4n) is 5.27. The van der Waals surface area contributed by atoms with Crippen LogP contribution in [0.2, 0.25) is 5.02 Å². The number of carbonyl (C=O) groups is 2. The summed E-state index contributed by atoms with van der Waals surface area (Å²) in [5, 5.41) is 3.18. The molecule has 10 heteroatoms. The largest absolute Gasteiger partial charge is 0.368 e. The summed E-state index contributed by atoms with van der Waals surface area (Å²) in [4.78, 5) is 25.1. The molecule has 3 atom stereocenters. The number of benzene rings is 3. The SMILES string of the molecule is Cc1ccccc1S(=O)(=O)N1C(c2ccc(Cl)cc2)C(COCC(=O)N[C@@H](Cc2ccccc2)C(N)=O)=C[C@H]1C(C)(C)C. The molecule has 3 aromatic carbocycles. The van der Waals surface area contributed by atoms with E-state index in [1.54, 1.807) is 53.7 Å². The van der Waals surface area contributed by atoms with Crippen LogP contribution in [0.15, 0.2) is 95.4 Å². The highest BCUT2D eigenvalue weighted by molar-refractivity contribution is 7.89. The number of primary amides is 1. The molecule has 0 fully saturated rings. The van der Waals surface area contributed by atoms with Crippen LogP contribution in [0.5, 0.6) is 0 Å². The van der Waals surface area contributed by atoms with Gasteiger partial charge in [0, 0.05) is 17.5 Å². The lowest BCUT2D eigenvalue weighted by Gasteiger charge is -2.37. The van der Waals surface area contributed by atoms with Crippen LogP contribution in [0.3, 0.4) is 0 Å². The minimum absolute atomic E-state index is 0.00694. The minimum atomic E-state index is -3.98. The molecule has 1 heterocycles. The van der Waals surface area contributed by atoms with Crippen molar-refractivity contribution in [1.29, 1.82) is 0 Å². The fourth-order valence-corrected chi connectivity index (χ4v) is 7.56. The molecule has 3 aromatic rings. The normalized spacial score (nSPS) is 18.2. The van der Waals surface area contributed by atoms with Crippen molar-refractivity contribution in [3.63, 3.8) is 0 Å². The van der Waals surface area contributed by atoms with Gasteiger partial charge in [-0.3, -0.25) is 9.59 Å². The zero-order valence-electron chi connectivity index (χ0n) is 24.8. The van der Waals surface area contributed by atoms with Crippen LogP contribution in [0.25, 0.3) is 0 Å². The lowest BCUT2D eigenvalue weighted by atomic mass is 9.87. The summed E-state index contributed by atoms with van der Waals surface area (Å²) in [5.74, 6) is -1.15. The molecule has 0 bridgehead atoms. The predicted molar refractivity (Wildman–Crippen MR) is 168 cm³/mol. The van der Waals surface area contributed by atoms with Gasteiger partial charge in [-0.25, -0.2) is 8.42 Å². The van der Waals surface area contributed by atoms with Crippen molar-refractivity contribution in [2.45, 2.75) is 57.1 Å². The Balaban J connectivity index is 1.59. The van der Waals surface area contributed by atoms with Crippen LogP contribution in [-0.2, 0) is 30.8 Å². The molecule has 0 spiro atoms. The highest BCUT2D eigenvalue weighted by Crippen LogP contribution is 2.46. The molecule has 4 rings (SSSR count).